The number of aryl methyl sites for hydroxylation is 2. The molecule has 15 heavy (non-hydrogen) atoms. The molecule has 0 radical (unpaired) electrons. The average Bonchev–Trinajstić information content (AvgIpc) is 2.73. The molecule has 1 heterocycles. The third kappa shape index (κ3) is 2.49. The van der Waals surface area contributed by atoms with Gasteiger partial charge in [0.2, 0.25) is 0 Å². The van der Waals surface area contributed by atoms with E-state index in [1.807, 2.05) is 6.92 Å². The number of nitrogens with two attached hydrogens (primary N) is 1. The monoisotopic (exact) mass is 226 g/mol. The van der Waals surface area contributed by atoms with Crippen LogP contribution in [0, 0.1) is 13.8 Å². The number of nitrogens with zero attached hydrogens (tertiary/aromatic N) is 1. The summed E-state index contributed by atoms with van der Waals surface area (Å²) >= 11 is 1.61. The fourth-order valence-electron chi connectivity index (χ4n) is 1.93. The van der Waals surface area contributed by atoms with Crippen LogP contribution in [0.25, 0.3) is 0 Å². The van der Waals surface area contributed by atoms with Crippen molar-refractivity contribution in [3.63, 3.8) is 0 Å². The van der Waals surface area contributed by atoms with E-state index in [0.717, 1.165) is 23.7 Å². The second kappa shape index (κ2) is 4.10. The summed E-state index contributed by atoms with van der Waals surface area (Å²) in [5.41, 5.74) is 7.16. The number of ether oxygens (including phenoxy) is 1. The Kier molecular flexibility index (Phi) is 2.98. The van der Waals surface area contributed by atoms with Gasteiger partial charge in [0.15, 0.2) is 0 Å². The Labute approximate surface area is 94.7 Å². The first kappa shape index (κ1) is 10.9. The lowest BCUT2D eigenvalue weighted by Gasteiger charge is -2.22. The van der Waals surface area contributed by atoms with Gasteiger partial charge in [-0.25, -0.2) is 4.98 Å². The minimum Gasteiger partial charge on any atom is -0.468 e. The van der Waals surface area contributed by atoms with E-state index < -0.39 is 0 Å². The fraction of sp³-hybridized carbons (Fsp3) is 0.727. The van der Waals surface area contributed by atoms with Crippen molar-refractivity contribution in [1.29, 1.82) is 0 Å². The average molecular weight is 226 g/mol. The third-order valence-electron chi connectivity index (χ3n) is 3.09. The molecule has 2 N–H and O–H groups in total. The lowest BCUT2D eigenvalue weighted by Crippen LogP contribution is -2.42. The molecule has 4 heteroatoms. The van der Waals surface area contributed by atoms with Gasteiger partial charge in [0.1, 0.15) is 6.61 Å². The van der Waals surface area contributed by atoms with Crippen LogP contribution in [0.3, 0.4) is 0 Å². The van der Waals surface area contributed by atoms with Crippen molar-refractivity contribution < 1.29 is 4.74 Å². The van der Waals surface area contributed by atoms with Gasteiger partial charge in [0.05, 0.1) is 11.2 Å². The summed E-state index contributed by atoms with van der Waals surface area (Å²) in [4.78, 5) is 5.57. The number of aromatic nitrogens is 1. The Balaban J connectivity index is 1.92. The Morgan fingerprint density at radius 2 is 2.07 bits per heavy atom. The maximum absolute atomic E-state index is 6.20. The molecule has 3 nitrogen and oxygen atoms in total. The first-order valence-electron chi connectivity index (χ1n) is 5.45. The lowest BCUT2D eigenvalue weighted by atomic mass is 10.0. The molecule has 1 aromatic heterocycles. The molecule has 0 spiro atoms. The Morgan fingerprint density at radius 3 is 2.60 bits per heavy atom. The van der Waals surface area contributed by atoms with Crippen LogP contribution in [-0.4, -0.2) is 17.1 Å². The maximum atomic E-state index is 6.20. The van der Waals surface area contributed by atoms with Gasteiger partial charge in [-0.3, -0.25) is 0 Å². The summed E-state index contributed by atoms with van der Waals surface area (Å²) in [6, 6.07) is 0. The molecule has 0 saturated heterocycles. The first-order valence-corrected chi connectivity index (χ1v) is 6.26. The molecule has 0 aromatic carbocycles. The predicted octanol–water partition coefficient (Wildman–Crippen LogP) is 2.41. The van der Waals surface area contributed by atoms with E-state index in [2.05, 4.69) is 11.9 Å². The quantitative estimate of drug-likeness (QED) is 0.861. The van der Waals surface area contributed by atoms with E-state index >= 15 is 0 Å². The number of hydrogen-bond donors (Lipinski definition) is 1. The molecule has 0 unspecified atom stereocenters. The van der Waals surface area contributed by atoms with Crippen LogP contribution < -0.4 is 10.5 Å². The number of hydrogen-bond acceptors (Lipinski definition) is 4. The van der Waals surface area contributed by atoms with Gasteiger partial charge in [-0.05, 0) is 26.7 Å². The van der Waals surface area contributed by atoms with E-state index in [1.54, 1.807) is 11.3 Å². The Morgan fingerprint density at radius 1 is 1.40 bits per heavy atom. The van der Waals surface area contributed by atoms with Gasteiger partial charge in [-0.1, -0.05) is 24.2 Å². The van der Waals surface area contributed by atoms with Crippen molar-refractivity contribution in [2.75, 3.05) is 6.61 Å². The minimum atomic E-state index is -0.104. The predicted molar refractivity (Wildman–Crippen MR) is 62.5 cm³/mol. The normalized spacial score (nSPS) is 19.4. The van der Waals surface area contributed by atoms with Crippen LogP contribution in [0.5, 0.6) is 5.19 Å². The van der Waals surface area contributed by atoms with Crippen molar-refractivity contribution in [2.24, 2.45) is 5.73 Å². The molecule has 0 amide bonds. The second-order valence-electron chi connectivity index (χ2n) is 4.48. The molecule has 1 aliphatic rings. The third-order valence-corrected chi connectivity index (χ3v) is 4.08. The maximum Gasteiger partial charge on any atom is 0.273 e. The molecule has 84 valence electrons. The van der Waals surface area contributed by atoms with Crippen molar-refractivity contribution in [3.05, 3.63) is 10.6 Å². The first-order chi connectivity index (χ1) is 7.09. The Bertz CT molecular complexity index is 323. The van der Waals surface area contributed by atoms with E-state index in [0.29, 0.717) is 6.61 Å². The van der Waals surface area contributed by atoms with E-state index in [1.165, 1.54) is 17.7 Å². The van der Waals surface area contributed by atoms with Crippen LogP contribution >= 0.6 is 11.3 Å². The van der Waals surface area contributed by atoms with Crippen LogP contribution in [0.15, 0.2) is 0 Å². The highest BCUT2D eigenvalue weighted by Crippen LogP contribution is 2.29. The SMILES string of the molecule is Cc1nc(OCC2(N)CCCC2)sc1C. The van der Waals surface area contributed by atoms with Gasteiger partial charge in [-0.2, -0.15) is 0 Å². The van der Waals surface area contributed by atoms with Crippen molar-refractivity contribution >= 4 is 11.3 Å². The van der Waals surface area contributed by atoms with Crippen LogP contribution in [-0.2, 0) is 0 Å². The largest absolute Gasteiger partial charge is 0.468 e. The van der Waals surface area contributed by atoms with E-state index in [4.69, 9.17) is 10.5 Å². The van der Waals surface area contributed by atoms with E-state index in [9.17, 15) is 0 Å². The molecule has 0 bridgehead atoms. The molecule has 1 aromatic rings. The summed E-state index contributed by atoms with van der Waals surface area (Å²) in [7, 11) is 0. The highest BCUT2D eigenvalue weighted by molar-refractivity contribution is 7.13. The van der Waals surface area contributed by atoms with Crippen molar-refractivity contribution in [3.8, 4) is 5.19 Å². The zero-order valence-electron chi connectivity index (χ0n) is 9.38. The smallest absolute Gasteiger partial charge is 0.273 e. The van der Waals surface area contributed by atoms with Gasteiger partial charge in [-0.15, -0.1) is 0 Å². The fourth-order valence-corrected chi connectivity index (χ4v) is 2.69. The number of rotatable bonds is 3. The number of thiazole rings is 1. The molecule has 0 atom stereocenters. The molecule has 1 saturated carbocycles. The standard InChI is InChI=1S/C11H18N2OS/c1-8-9(2)15-10(13-8)14-7-11(12)5-3-4-6-11/h3-7,12H2,1-2H3. The van der Waals surface area contributed by atoms with Crippen LogP contribution in [0.1, 0.15) is 36.3 Å². The summed E-state index contributed by atoms with van der Waals surface area (Å²) < 4.78 is 5.68. The molecule has 2 rings (SSSR count). The molecule has 1 fully saturated rings. The molecular formula is C11H18N2OS. The highest BCUT2D eigenvalue weighted by Gasteiger charge is 2.30. The molecule has 0 aliphatic heterocycles. The Hall–Kier alpha value is -0.610. The summed E-state index contributed by atoms with van der Waals surface area (Å²) in [6.07, 6.45) is 4.62. The highest BCUT2D eigenvalue weighted by atomic mass is 32.1. The zero-order chi connectivity index (χ0) is 10.9. The van der Waals surface area contributed by atoms with Crippen LogP contribution in [0.2, 0.25) is 0 Å². The van der Waals surface area contributed by atoms with Crippen molar-refractivity contribution in [2.45, 2.75) is 45.1 Å². The van der Waals surface area contributed by atoms with Crippen molar-refractivity contribution in [1.82, 2.24) is 4.98 Å². The lowest BCUT2D eigenvalue weighted by molar-refractivity contribution is 0.219. The minimum absolute atomic E-state index is 0.104. The van der Waals surface area contributed by atoms with Crippen LogP contribution in [0.4, 0.5) is 0 Å². The van der Waals surface area contributed by atoms with Gasteiger partial charge >= 0.3 is 0 Å². The summed E-state index contributed by atoms with van der Waals surface area (Å²) in [5.74, 6) is 0. The van der Waals surface area contributed by atoms with Gasteiger partial charge < -0.3 is 10.5 Å². The zero-order valence-corrected chi connectivity index (χ0v) is 10.2. The topological polar surface area (TPSA) is 48.1 Å². The summed E-state index contributed by atoms with van der Waals surface area (Å²) in [5, 5.41) is 0.765. The van der Waals surface area contributed by atoms with Gasteiger partial charge in [0, 0.05) is 4.88 Å². The molecule has 1 aliphatic carbocycles. The van der Waals surface area contributed by atoms with Gasteiger partial charge in [0.25, 0.3) is 5.19 Å². The molecular weight excluding hydrogens is 208 g/mol. The van der Waals surface area contributed by atoms with E-state index in [-0.39, 0.29) is 5.54 Å². The second-order valence-corrected chi connectivity index (χ2v) is 5.65. The summed E-state index contributed by atoms with van der Waals surface area (Å²) in [6.45, 7) is 4.68.